The van der Waals surface area contributed by atoms with Crippen molar-refractivity contribution in [2.75, 3.05) is 0 Å². The largest absolute Gasteiger partial charge is 0.333 e. The van der Waals surface area contributed by atoms with Crippen LogP contribution in [0.15, 0.2) is 24.3 Å². The second kappa shape index (κ2) is 4.75. The van der Waals surface area contributed by atoms with Crippen LogP contribution in [0.3, 0.4) is 0 Å². The van der Waals surface area contributed by atoms with Crippen molar-refractivity contribution in [2.45, 2.75) is 25.4 Å². The van der Waals surface area contributed by atoms with Gasteiger partial charge < -0.3 is 10.6 Å². The molecule has 0 aliphatic carbocycles. The lowest BCUT2D eigenvalue weighted by Gasteiger charge is -2.15. The number of hydrogen-bond acceptors (Lipinski definition) is 2. The van der Waals surface area contributed by atoms with Crippen molar-refractivity contribution < 1.29 is 9.59 Å². The molecular formula is C12H13ClN2O2. The third-order valence-electron chi connectivity index (χ3n) is 2.86. The summed E-state index contributed by atoms with van der Waals surface area (Å²) in [5, 5.41) is 5.94. The minimum absolute atomic E-state index is 0.0909. The number of amides is 2. The Bertz CT molecular complexity index is 444. The molecule has 1 fully saturated rings. The van der Waals surface area contributed by atoms with Crippen molar-refractivity contribution >= 4 is 23.4 Å². The predicted octanol–water partition coefficient (Wildman–Crippen LogP) is 1.98. The summed E-state index contributed by atoms with van der Waals surface area (Å²) in [7, 11) is 0. The Labute approximate surface area is 104 Å². The van der Waals surface area contributed by atoms with Crippen molar-refractivity contribution in [3.05, 3.63) is 34.9 Å². The van der Waals surface area contributed by atoms with E-state index >= 15 is 0 Å². The Morgan fingerprint density at radius 1 is 1.29 bits per heavy atom. The summed E-state index contributed by atoms with van der Waals surface area (Å²) in [4.78, 5) is 23.4. The number of carbonyl (C=O) groups is 2. The topological polar surface area (TPSA) is 58.2 Å². The minimum Gasteiger partial charge on any atom is -0.333 e. The fourth-order valence-corrected chi connectivity index (χ4v) is 2.04. The molecule has 2 unspecified atom stereocenters. The Kier molecular flexibility index (Phi) is 3.33. The van der Waals surface area contributed by atoms with Crippen LogP contribution in [-0.4, -0.2) is 23.9 Å². The molecule has 1 aromatic rings. The minimum atomic E-state index is -0.492. The van der Waals surface area contributed by atoms with Gasteiger partial charge in [0.25, 0.3) is 0 Å². The highest BCUT2D eigenvalue weighted by Crippen LogP contribution is 2.15. The maximum Gasteiger partial charge on any atom is 0.315 e. The molecule has 0 radical (unpaired) electrons. The SMILES string of the molecule is CCC1NC(=O)NC1C(=O)c1ccc(Cl)cc1. The van der Waals surface area contributed by atoms with Crippen LogP contribution in [0.1, 0.15) is 23.7 Å². The van der Waals surface area contributed by atoms with Gasteiger partial charge in [0.1, 0.15) is 6.04 Å². The van der Waals surface area contributed by atoms with Crippen LogP contribution in [0.2, 0.25) is 5.02 Å². The van der Waals surface area contributed by atoms with Crippen LogP contribution in [0.5, 0.6) is 0 Å². The number of benzene rings is 1. The molecule has 5 heteroatoms. The lowest BCUT2D eigenvalue weighted by atomic mass is 9.98. The standard InChI is InChI=1S/C12H13ClN2O2/c1-2-9-10(15-12(17)14-9)11(16)7-3-5-8(13)6-4-7/h3-6,9-10H,2H2,1H3,(H2,14,15,17). The van der Waals surface area contributed by atoms with Gasteiger partial charge in [-0.1, -0.05) is 18.5 Å². The summed E-state index contributed by atoms with van der Waals surface area (Å²) < 4.78 is 0. The van der Waals surface area contributed by atoms with Crippen LogP contribution in [0.4, 0.5) is 4.79 Å². The Morgan fingerprint density at radius 2 is 1.94 bits per heavy atom. The smallest absolute Gasteiger partial charge is 0.315 e. The van der Waals surface area contributed by atoms with Crippen molar-refractivity contribution in [1.29, 1.82) is 0 Å². The number of rotatable bonds is 3. The summed E-state index contributed by atoms with van der Waals surface area (Å²) in [6.07, 6.45) is 0.711. The van der Waals surface area contributed by atoms with Gasteiger partial charge in [-0.2, -0.15) is 0 Å². The average molecular weight is 253 g/mol. The Morgan fingerprint density at radius 3 is 2.53 bits per heavy atom. The van der Waals surface area contributed by atoms with Crippen molar-refractivity contribution in [1.82, 2.24) is 10.6 Å². The van der Waals surface area contributed by atoms with E-state index in [9.17, 15) is 9.59 Å². The molecule has 0 saturated carbocycles. The first kappa shape index (κ1) is 11.9. The van der Waals surface area contributed by atoms with Gasteiger partial charge >= 0.3 is 6.03 Å². The molecule has 2 amide bonds. The van der Waals surface area contributed by atoms with E-state index in [1.165, 1.54) is 0 Å². The van der Waals surface area contributed by atoms with Gasteiger partial charge in [-0.15, -0.1) is 0 Å². The molecule has 0 bridgehead atoms. The fourth-order valence-electron chi connectivity index (χ4n) is 1.91. The molecule has 1 heterocycles. The first-order valence-corrected chi connectivity index (χ1v) is 5.86. The number of carbonyl (C=O) groups excluding carboxylic acids is 2. The number of nitrogens with one attached hydrogen (secondary N) is 2. The van der Waals surface area contributed by atoms with E-state index in [0.717, 1.165) is 0 Å². The third-order valence-corrected chi connectivity index (χ3v) is 3.11. The van der Waals surface area contributed by atoms with Crippen molar-refractivity contribution in [2.24, 2.45) is 0 Å². The van der Waals surface area contributed by atoms with Crippen LogP contribution in [0, 0.1) is 0 Å². The monoisotopic (exact) mass is 252 g/mol. The van der Waals surface area contributed by atoms with Gasteiger partial charge in [0.05, 0.1) is 6.04 Å². The van der Waals surface area contributed by atoms with Gasteiger partial charge in [0, 0.05) is 10.6 Å². The maximum absolute atomic E-state index is 12.2. The zero-order valence-corrected chi connectivity index (χ0v) is 10.1. The van der Waals surface area contributed by atoms with E-state index in [0.29, 0.717) is 17.0 Å². The lowest BCUT2D eigenvalue weighted by Crippen LogP contribution is -2.40. The Hall–Kier alpha value is -1.55. The molecule has 1 aliphatic rings. The van der Waals surface area contributed by atoms with E-state index in [2.05, 4.69) is 10.6 Å². The summed E-state index contributed by atoms with van der Waals surface area (Å²) in [5.41, 5.74) is 0.557. The molecule has 0 spiro atoms. The summed E-state index contributed by atoms with van der Waals surface area (Å²) in [6.45, 7) is 1.93. The summed E-state index contributed by atoms with van der Waals surface area (Å²) in [5.74, 6) is -0.0909. The van der Waals surface area contributed by atoms with Gasteiger partial charge in [-0.25, -0.2) is 4.79 Å². The first-order chi connectivity index (χ1) is 8.11. The van der Waals surface area contributed by atoms with E-state index in [-0.39, 0.29) is 17.9 Å². The number of Topliss-reactive ketones (excluding diaryl/α,β-unsaturated/α-hetero) is 1. The van der Waals surface area contributed by atoms with Gasteiger partial charge in [0.15, 0.2) is 5.78 Å². The van der Waals surface area contributed by atoms with Crippen molar-refractivity contribution in [3.8, 4) is 0 Å². The average Bonchev–Trinajstić information content (AvgIpc) is 2.70. The molecular weight excluding hydrogens is 240 g/mol. The fraction of sp³-hybridized carbons (Fsp3) is 0.333. The lowest BCUT2D eigenvalue weighted by molar-refractivity contribution is 0.0943. The zero-order chi connectivity index (χ0) is 12.4. The van der Waals surface area contributed by atoms with Crippen LogP contribution in [0.25, 0.3) is 0 Å². The Balaban J connectivity index is 2.19. The molecule has 17 heavy (non-hydrogen) atoms. The molecule has 0 aromatic heterocycles. The van der Waals surface area contributed by atoms with Crippen LogP contribution < -0.4 is 10.6 Å². The molecule has 1 aromatic carbocycles. The normalized spacial score (nSPS) is 23.1. The van der Waals surface area contributed by atoms with Crippen LogP contribution >= 0.6 is 11.6 Å². The van der Waals surface area contributed by atoms with Gasteiger partial charge in [-0.3, -0.25) is 4.79 Å². The second-order valence-corrected chi connectivity index (χ2v) is 4.42. The third kappa shape index (κ3) is 2.42. The zero-order valence-electron chi connectivity index (χ0n) is 9.37. The highest BCUT2D eigenvalue weighted by atomic mass is 35.5. The van der Waals surface area contributed by atoms with E-state index < -0.39 is 6.04 Å². The first-order valence-electron chi connectivity index (χ1n) is 5.48. The van der Waals surface area contributed by atoms with E-state index in [1.54, 1.807) is 24.3 Å². The maximum atomic E-state index is 12.2. The number of halogens is 1. The summed E-state index contributed by atoms with van der Waals surface area (Å²) >= 11 is 5.76. The summed E-state index contributed by atoms with van der Waals surface area (Å²) in [6, 6.07) is 5.74. The molecule has 1 aliphatic heterocycles. The quantitative estimate of drug-likeness (QED) is 0.809. The van der Waals surface area contributed by atoms with E-state index in [1.807, 2.05) is 6.92 Å². The number of urea groups is 1. The molecule has 1 saturated heterocycles. The van der Waals surface area contributed by atoms with E-state index in [4.69, 9.17) is 11.6 Å². The predicted molar refractivity (Wildman–Crippen MR) is 65.3 cm³/mol. The molecule has 2 rings (SSSR count). The molecule has 2 atom stereocenters. The van der Waals surface area contributed by atoms with Gasteiger partial charge in [-0.05, 0) is 30.7 Å². The van der Waals surface area contributed by atoms with Gasteiger partial charge in [0.2, 0.25) is 0 Å². The highest BCUT2D eigenvalue weighted by Gasteiger charge is 2.35. The second-order valence-electron chi connectivity index (χ2n) is 3.98. The van der Waals surface area contributed by atoms with Crippen molar-refractivity contribution in [3.63, 3.8) is 0 Å². The highest BCUT2D eigenvalue weighted by molar-refractivity contribution is 6.30. The molecule has 4 nitrogen and oxygen atoms in total. The van der Waals surface area contributed by atoms with Crippen LogP contribution in [-0.2, 0) is 0 Å². The number of ketones is 1. The molecule has 90 valence electrons. The molecule has 2 N–H and O–H groups in total. The number of hydrogen-bond donors (Lipinski definition) is 2.